The van der Waals surface area contributed by atoms with Gasteiger partial charge in [0.2, 0.25) is 34.8 Å². The van der Waals surface area contributed by atoms with Crippen molar-refractivity contribution >= 4 is 10.1 Å². The Bertz CT molecular complexity index is 800. The Balaban J connectivity index is 1.93. The van der Waals surface area contributed by atoms with Crippen LogP contribution in [0, 0.1) is 35.0 Å². The third-order valence-electron chi connectivity index (χ3n) is 5.12. The van der Waals surface area contributed by atoms with E-state index in [1.165, 1.54) is 12.1 Å². The van der Waals surface area contributed by atoms with Crippen molar-refractivity contribution in [3.63, 3.8) is 0 Å². The summed E-state index contributed by atoms with van der Waals surface area (Å²) in [5, 5.41) is 0.0423. The monoisotopic (exact) mass is 415 g/mol. The maximum Gasteiger partial charge on any atom is 0.316 e. The van der Waals surface area contributed by atoms with E-state index in [2.05, 4.69) is 4.18 Å². The first-order valence-electron chi connectivity index (χ1n) is 8.45. The third kappa shape index (κ3) is 3.64. The molecule has 3 rings (SSSR count). The molecule has 1 aromatic rings. The molecule has 1 heterocycles. The SMILES string of the molecule is CN1OC[C@@H](S(=O)(=O)Oc2c(F)c(F)c(F)c(F)c2F)[C@@H]1C1CCCCC1. The molecule has 1 saturated heterocycles. The zero-order valence-electron chi connectivity index (χ0n) is 14.4. The van der Waals surface area contributed by atoms with Crippen molar-refractivity contribution in [1.82, 2.24) is 5.06 Å². The van der Waals surface area contributed by atoms with Crippen molar-refractivity contribution in [3.8, 4) is 5.75 Å². The molecule has 0 aromatic heterocycles. The standard InChI is InChI=1S/C16H18F5NO4S/c1-22-15(8-5-3-2-4-6-8)9(7-25-22)27(23,24)26-16-13(20)11(18)10(17)12(19)14(16)21/h8-9,15H,2-7H2,1H3/t9-,15+/m1/s1. The number of halogens is 5. The first-order chi connectivity index (χ1) is 12.6. The van der Waals surface area contributed by atoms with Gasteiger partial charge < -0.3 is 4.18 Å². The van der Waals surface area contributed by atoms with Gasteiger partial charge in [-0.15, -0.1) is 0 Å². The molecule has 5 nitrogen and oxygen atoms in total. The number of benzene rings is 1. The molecule has 0 bridgehead atoms. The van der Waals surface area contributed by atoms with Crippen LogP contribution in [0.25, 0.3) is 0 Å². The zero-order valence-corrected chi connectivity index (χ0v) is 15.2. The summed E-state index contributed by atoms with van der Waals surface area (Å²) in [5.41, 5.74) is 0. The predicted molar refractivity (Wildman–Crippen MR) is 83.6 cm³/mol. The summed E-state index contributed by atoms with van der Waals surface area (Å²) in [5.74, 6) is -13.5. The highest BCUT2D eigenvalue weighted by Crippen LogP contribution is 2.37. The fourth-order valence-corrected chi connectivity index (χ4v) is 5.24. The van der Waals surface area contributed by atoms with E-state index in [0.717, 1.165) is 32.1 Å². The highest BCUT2D eigenvalue weighted by Gasteiger charge is 2.48. The third-order valence-corrected chi connectivity index (χ3v) is 6.67. The molecule has 1 aliphatic heterocycles. The smallest absolute Gasteiger partial charge is 0.316 e. The molecular formula is C16H18F5NO4S. The van der Waals surface area contributed by atoms with E-state index in [4.69, 9.17) is 4.84 Å². The molecule has 1 aliphatic carbocycles. The summed E-state index contributed by atoms with van der Waals surface area (Å²) in [6, 6.07) is -0.642. The van der Waals surface area contributed by atoms with Gasteiger partial charge in [0.1, 0.15) is 5.25 Å². The Morgan fingerprint density at radius 2 is 1.44 bits per heavy atom. The van der Waals surface area contributed by atoms with Gasteiger partial charge in [0.05, 0.1) is 12.6 Å². The van der Waals surface area contributed by atoms with Crippen LogP contribution in [0.5, 0.6) is 5.75 Å². The van der Waals surface area contributed by atoms with Crippen molar-refractivity contribution < 1.29 is 39.4 Å². The van der Waals surface area contributed by atoms with E-state index in [0.29, 0.717) is 0 Å². The maximum absolute atomic E-state index is 13.8. The van der Waals surface area contributed by atoms with Crippen LogP contribution in [0.3, 0.4) is 0 Å². The lowest BCUT2D eigenvalue weighted by Gasteiger charge is -2.32. The second kappa shape index (κ2) is 7.51. The molecular weight excluding hydrogens is 397 g/mol. The van der Waals surface area contributed by atoms with E-state index < -0.39 is 56.2 Å². The molecule has 2 fully saturated rings. The van der Waals surface area contributed by atoms with Crippen LogP contribution in [0.15, 0.2) is 0 Å². The summed E-state index contributed by atoms with van der Waals surface area (Å²) >= 11 is 0. The van der Waals surface area contributed by atoms with Gasteiger partial charge in [0.25, 0.3) is 0 Å². The van der Waals surface area contributed by atoms with Crippen molar-refractivity contribution in [1.29, 1.82) is 0 Å². The Kier molecular flexibility index (Phi) is 5.64. The molecule has 11 heteroatoms. The highest BCUT2D eigenvalue weighted by atomic mass is 32.2. The normalized spacial score (nSPS) is 25.1. The average Bonchev–Trinajstić information content (AvgIpc) is 3.05. The molecule has 27 heavy (non-hydrogen) atoms. The van der Waals surface area contributed by atoms with Gasteiger partial charge in [0.15, 0.2) is 0 Å². The van der Waals surface area contributed by atoms with Crippen molar-refractivity contribution in [3.05, 3.63) is 29.1 Å². The second-order valence-electron chi connectivity index (χ2n) is 6.74. The first-order valence-corrected chi connectivity index (χ1v) is 9.92. The molecule has 0 spiro atoms. The Morgan fingerprint density at radius 1 is 0.926 bits per heavy atom. The number of hydroxylamine groups is 2. The van der Waals surface area contributed by atoms with Gasteiger partial charge in [-0.2, -0.15) is 22.3 Å². The van der Waals surface area contributed by atoms with Gasteiger partial charge in [-0.3, -0.25) is 4.84 Å². The zero-order chi connectivity index (χ0) is 19.9. The van der Waals surface area contributed by atoms with E-state index in [-0.39, 0.29) is 12.5 Å². The maximum atomic E-state index is 13.8. The first kappa shape index (κ1) is 20.3. The summed E-state index contributed by atoms with van der Waals surface area (Å²) in [4.78, 5) is 5.26. The molecule has 2 aliphatic rings. The fourth-order valence-electron chi connectivity index (χ4n) is 3.78. The molecule has 2 atom stereocenters. The number of rotatable bonds is 4. The van der Waals surface area contributed by atoms with E-state index >= 15 is 0 Å². The summed E-state index contributed by atoms with van der Waals surface area (Å²) in [7, 11) is -3.20. The van der Waals surface area contributed by atoms with Crippen LogP contribution in [0.2, 0.25) is 0 Å². The predicted octanol–water partition coefficient (Wildman–Crippen LogP) is 3.29. The highest BCUT2D eigenvalue weighted by molar-refractivity contribution is 7.87. The average molecular weight is 415 g/mol. The summed E-state index contributed by atoms with van der Waals surface area (Å²) < 4.78 is 97.0. The van der Waals surface area contributed by atoms with Crippen LogP contribution in [-0.4, -0.2) is 38.4 Å². The summed E-state index contributed by atoms with van der Waals surface area (Å²) in [6.45, 7) is -0.338. The lowest BCUT2D eigenvalue weighted by Crippen LogP contribution is -2.45. The second-order valence-corrected chi connectivity index (χ2v) is 8.50. The topological polar surface area (TPSA) is 55.8 Å². The molecule has 1 aromatic carbocycles. The molecule has 152 valence electrons. The largest absolute Gasteiger partial charge is 0.376 e. The molecule has 0 unspecified atom stereocenters. The summed E-state index contributed by atoms with van der Waals surface area (Å²) in [6.07, 6.45) is 4.31. The van der Waals surface area contributed by atoms with Crippen LogP contribution >= 0.6 is 0 Å². The van der Waals surface area contributed by atoms with E-state index in [1.54, 1.807) is 0 Å². The van der Waals surface area contributed by atoms with E-state index in [9.17, 15) is 30.4 Å². The van der Waals surface area contributed by atoms with Crippen molar-refractivity contribution in [2.75, 3.05) is 13.7 Å². The van der Waals surface area contributed by atoms with Crippen LogP contribution < -0.4 is 4.18 Å². The molecule has 0 amide bonds. The van der Waals surface area contributed by atoms with Crippen molar-refractivity contribution in [2.24, 2.45) is 5.92 Å². The Morgan fingerprint density at radius 3 is 2.00 bits per heavy atom. The lowest BCUT2D eigenvalue weighted by molar-refractivity contribution is -0.121. The van der Waals surface area contributed by atoms with Crippen molar-refractivity contribution in [2.45, 2.75) is 43.4 Å². The van der Waals surface area contributed by atoms with Gasteiger partial charge in [0, 0.05) is 7.05 Å². The van der Waals surface area contributed by atoms with Crippen LogP contribution in [0.1, 0.15) is 32.1 Å². The number of hydrogen-bond donors (Lipinski definition) is 0. The molecule has 1 saturated carbocycles. The minimum Gasteiger partial charge on any atom is -0.376 e. The van der Waals surface area contributed by atoms with E-state index in [1.807, 2.05) is 0 Å². The van der Waals surface area contributed by atoms with Gasteiger partial charge in [-0.05, 0) is 18.8 Å². The minimum atomic E-state index is -4.74. The number of hydrogen-bond acceptors (Lipinski definition) is 5. The van der Waals surface area contributed by atoms with Gasteiger partial charge in [-0.25, -0.2) is 13.2 Å². The van der Waals surface area contributed by atoms with Crippen LogP contribution in [-0.2, 0) is 15.0 Å². The van der Waals surface area contributed by atoms with Gasteiger partial charge in [-0.1, -0.05) is 19.3 Å². The number of nitrogens with zero attached hydrogens (tertiary/aromatic N) is 1. The Hall–Kier alpha value is -1.46. The fraction of sp³-hybridized carbons (Fsp3) is 0.625. The molecule has 0 N–H and O–H groups in total. The minimum absolute atomic E-state index is 0.0500. The van der Waals surface area contributed by atoms with Crippen LogP contribution in [0.4, 0.5) is 22.0 Å². The van der Waals surface area contributed by atoms with Gasteiger partial charge >= 0.3 is 10.1 Å². The quantitative estimate of drug-likeness (QED) is 0.327. The molecule has 0 radical (unpaired) electrons. The Labute approximate surface area is 153 Å². The lowest BCUT2D eigenvalue weighted by atomic mass is 9.83.